The first-order valence-electron chi connectivity index (χ1n) is 13.0. The highest BCUT2D eigenvalue weighted by Gasteiger charge is 2.31. The molecule has 0 aromatic heterocycles. The number of hydrogen-bond acceptors (Lipinski definition) is 2. The molecule has 2 fully saturated rings. The van der Waals surface area contributed by atoms with Crippen LogP contribution in [0.1, 0.15) is 113 Å². The van der Waals surface area contributed by atoms with E-state index in [0.29, 0.717) is 30.1 Å². The number of rotatable bonds is 10. The minimum atomic E-state index is -0.387. The van der Waals surface area contributed by atoms with Crippen LogP contribution in [0.25, 0.3) is 0 Å². The summed E-state index contributed by atoms with van der Waals surface area (Å²) in [5.74, 6) is 3.18. The number of Topliss-reactive ketones (excluding diaryl/α,β-unsaturated/α-hetero) is 1. The Balaban J connectivity index is 1.43. The minimum absolute atomic E-state index is 0.0930. The molecule has 0 unspecified atom stereocenters. The zero-order chi connectivity index (χ0) is 22.2. The highest BCUT2D eigenvalue weighted by molar-refractivity contribution is 5.97. The number of ether oxygens (including phenoxy) is 1. The van der Waals surface area contributed by atoms with E-state index in [4.69, 9.17) is 4.74 Å². The number of hydrogen-bond donors (Lipinski definition) is 0. The second-order valence-electron chi connectivity index (χ2n) is 10.2. The predicted molar refractivity (Wildman–Crippen MR) is 126 cm³/mol. The molecule has 0 atom stereocenters. The fourth-order valence-corrected chi connectivity index (χ4v) is 6.10. The van der Waals surface area contributed by atoms with Crippen LogP contribution in [0.15, 0.2) is 12.1 Å². The molecular formula is C28H43FO2. The van der Waals surface area contributed by atoms with Gasteiger partial charge in [0, 0.05) is 12.0 Å². The van der Waals surface area contributed by atoms with Crippen molar-refractivity contribution in [2.24, 2.45) is 23.7 Å². The molecule has 1 aromatic rings. The third-order valence-corrected chi connectivity index (χ3v) is 8.09. The first kappa shape index (κ1) is 24.3. The van der Waals surface area contributed by atoms with Crippen LogP contribution in [-0.2, 0) is 0 Å². The van der Waals surface area contributed by atoms with E-state index in [1.54, 1.807) is 19.1 Å². The first-order chi connectivity index (χ1) is 15.0. The highest BCUT2D eigenvalue weighted by atomic mass is 19.1. The summed E-state index contributed by atoms with van der Waals surface area (Å²) in [5, 5.41) is 0. The Morgan fingerprint density at radius 2 is 1.55 bits per heavy atom. The molecule has 31 heavy (non-hydrogen) atoms. The van der Waals surface area contributed by atoms with Crippen LogP contribution in [0.5, 0.6) is 5.75 Å². The fourth-order valence-electron chi connectivity index (χ4n) is 6.10. The molecular weight excluding hydrogens is 387 g/mol. The van der Waals surface area contributed by atoms with Gasteiger partial charge in [0.15, 0.2) is 17.3 Å². The summed E-state index contributed by atoms with van der Waals surface area (Å²) in [4.78, 5) is 12.9. The highest BCUT2D eigenvalue weighted by Crippen LogP contribution is 2.43. The molecule has 0 bridgehead atoms. The Bertz CT molecular complexity index is 697. The molecule has 0 heterocycles. The van der Waals surface area contributed by atoms with E-state index >= 15 is 0 Å². The van der Waals surface area contributed by atoms with Gasteiger partial charge < -0.3 is 4.74 Å². The van der Waals surface area contributed by atoms with Crippen molar-refractivity contribution < 1.29 is 13.9 Å². The quantitative estimate of drug-likeness (QED) is 0.276. The second kappa shape index (κ2) is 12.0. The van der Waals surface area contributed by atoms with Gasteiger partial charge in [0.05, 0.1) is 6.61 Å². The number of carbonyl (C=O) groups excluding carboxylic acids is 1. The van der Waals surface area contributed by atoms with Gasteiger partial charge in [0.1, 0.15) is 0 Å². The van der Waals surface area contributed by atoms with Crippen LogP contribution >= 0.6 is 0 Å². The lowest BCUT2D eigenvalue weighted by atomic mass is 9.68. The van der Waals surface area contributed by atoms with Crippen molar-refractivity contribution >= 4 is 5.78 Å². The lowest BCUT2D eigenvalue weighted by molar-refractivity contribution is 0.0918. The van der Waals surface area contributed by atoms with E-state index in [1.165, 1.54) is 64.2 Å². The lowest BCUT2D eigenvalue weighted by Crippen LogP contribution is -2.26. The van der Waals surface area contributed by atoms with E-state index in [2.05, 4.69) is 6.92 Å². The molecule has 1 aromatic carbocycles. The molecule has 3 rings (SSSR count). The third-order valence-electron chi connectivity index (χ3n) is 8.09. The fraction of sp³-hybridized carbons (Fsp3) is 0.750. The smallest absolute Gasteiger partial charge is 0.168 e. The number of halogens is 1. The molecule has 0 amide bonds. The summed E-state index contributed by atoms with van der Waals surface area (Å²) < 4.78 is 19.8. The van der Waals surface area contributed by atoms with Gasteiger partial charge in [0.2, 0.25) is 0 Å². The normalized spacial score (nSPS) is 26.6. The Hall–Kier alpha value is -1.38. The summed E-state index contributed by atoms with van der Waals surface area (Å²) >= 11 is 0. The maximum absolute atomic E-state index is 14.5. The van der Waals surface area contributed by atoms with Crippen LogP contribution in [0.4, 0.5) is 4.39 Å². The predicted octanol–water partition coefficient (Wildman–Crippen LogP) is 8.30. The Morgan fingerprint density at radius 3 is 2.13 bits per heavy atom. The summed E-state index contributed by atoms with van der Waals surface area (Å²) in [6.07, 6.45) is 16.8. The van der Waals surface area contributed by atoms with Gasteiger partial charge in [-0.3, -0.25) is 4.79 Å². The van der Waals surface area contributed by atoms with Crippen molar-refractivity contribution in [1.29, 1.82) is 0 Å². The lowest BCUT2D eigenvalue weighted by Gasteiger charge is -2.38. The summed E-state index contributed by atoms with van der Waals surface area (Å²) in [6, 6.07) is 3.35. The SMILES string of the molecule is CCCCCC1CCC(C2CCC(CC(=O)c3ccc(OCC)c(F)c3C)CC2)CC1. The number of ketones is 1. The van der Waals surface area contributed by atoms with Gasteiger partial charge in [-0.2, -0.15) is 0 Å². The van der Waals surface area contributed by atoms with Crippen LogP contribution in [0.3, 0.4) is 0 Å². The van der Waals surface area contributed by atoms with Crippen molar-refractivity contribution in [1.82, 2.24) is 0 Å². The first-order valence-corrected chi connectivity index (χ1v) is 13.0. The van der Waals surface area contributed by atoms with Gasteiger partial charge in [-0.1, -0.05) is 45.4 Å². The van der Waals surface area contributed by atoms with Gasteiger partial charge in [-0.25, -0.2) is 4.39 Å². The van der Waals surface area contributed by atoms with Crippen molar-refractivity contribution in [2.45, 2.75) is 104 Å². The average molecular weight is 431 g/mol. The minimum Gasteiger partial charge on any atom is -0.491 e. The van der Waals surface area contributed by atoms with Crippen LogP contribution in [0.2, 0.25) is 0 Å². The summed E-state index contributed by atoms with van der Waals surface area (Å²) in [7, 11) is 0. The number of benzene rings is 1. The molecule has 3 heteroatoms. The van der Waals surface area contributed by atoms with Gasteiger partial charge in [0.25, 0.3) is 0 Å². The molecule has 0 saturated heterocycles. The average Bonchev–Trinajstić information content (AvgIpc) is 2.78. The standard InChI is InChI=1S/C28H43FO2/c1-4-6-7-8-21-9-13-23(14-10-21)24-15-11-22(12-16-24)19-26(30)25-17-18-27(31-5-2)28(29)20(25)3/h17-18,21-24H,4-16,19H2,1-3H3. The molecule has 0 aliphatic heterocycles. The summed E-state index contributed by atoms with van der Waals surface area (Å²) in [6.45, 7) is 6.25. The van der Waals surface area contributed by atoms with Crippen molar-refractivity contribution in [2.75, 3.05) is 6.61 Å². The molecule has 2 nitrogen and oxygen atoms in total. The Morgan fingerprint density at radius 1 is 0.935 bits per heavy atom. The molecule has 2 aliphatic carbocycles. The van der Waals surface area contributed by atoms with E-state index in [-0.39, 0.29) is 17.3 Å². The van der Waals surface area contributed by atoms with Crippen LogP contribution in [0, 0.1) is 36.4 Å². The second-order valence-corrected chi connectivity index (χ2v) is 10.2. The zero-order valence-corrected chi connectivity index (χ0v) is 20.1. The van der Waals surface area contributed by atoms with Gasteiger partial charge >= 0.3 is 0 Å². The number of carbonyl (C=O) groups is 1. The molecule has 2 saturated carbocycles. The summed E-state index contributed by atoms with van der Waals surface area (Å²) in [5.41, 5.74) is 0.963. The third kappa shape index (κ3) is 6.56. The van der Waals surface area contributed by atoms with E-state index in [1.807, 2.05) is 6.92 Å². The Labute approximate surface area is 189 Å². The monoisotopic (exact) mass is 430 g/mol. The van der Waals surface area contributed by atoms with Crippen LogP contribution < -0.4 is 4.74 Å². The van der Waals surface area contributed by atoms with Crippen molar-refractivity contribution in [3.8, 4) is 5.75 Å². The Kier molecular flexibility index (Phi) is 9.41. The maximum Gasteiger partial charge on any atom is 0.168 e. The van der Waals surface area contributed by atoms with Crippen LogP contribution in [-0.4, -0.2) is 12.4 Å². The topological polar surface area (TPSA) is 26.3 Å². The molecule has 0 radical (unpaired) electrons. The van der Waals surface area contributed by atoms with Crippen molar-refractivity contribution in [3.63, 3.8) is 0 Å². The van der Waals surface area contributed by atoms with Gasteiger partial charge in [-0.05, 0) is 93.7 Å². The molecule has 2 aliphatic rings. The van der Waals surface area contributed by atoms with E-state index in [0.717, 1.165) is 30.6 Å². The maximum atomic E-state index is 14.5. The largest absolute Gasteiger partial charge is 0.491 e. The molecule has 174 valence electrons. The van der Waals surface area contributed by atoms with E-state index in [9.17, 15) is 9.18 Å². The van der Waals surface area contributed by atoms with E-state index < -0.39 is 0 Å². The number of unbranched alkanes of at least 4 members (excludes halogenated alkanes) is 2. The van der Waals surface area contributed by atoms with Crippen molar-refractivity contribution in [3.05, 3.63) is 29.1 Å². The zero-order valence-electron chi connectivity index (χ0n) is 20.1. The molecule has 0 spiro atoms. The molecule has 0 N–H and O–H groups in total. The van der Waals surface area contributed by atoms with Gasteiger partial charge in [-0.15, -0.1) is 0 Å².